The van der Waals surface area contributed by atoms with E-state index in [1.807, 2.05) is 0 Å². The van der Waals surface area contributed by atoms with E-state index in [9.17, 15) is 13.2 Å². The molecular formula is C7H13KO5S. The fraction of sp³-hybridized carbons (Fsp3) is 0.571. The van der Waals surface area contributed by atoms with E-state index >= 15 is 0 Å². The Balaban J connectivity index is 0. The molecule has 0 aliphatic carbocycles. The van der Waals surface area contributed by atoms with Crippen LogP contribution in [-0.2, 0) is 14.9 Å². The number of hydrogen-bond acceptors (Lipinski definition) is 3. The minimum atomic E-state index is -3.66. The maximum atomic E-state index is 9.97. The summed E-state index contributed by atoms with van der Waals surface area (Å²) in [6.07, 6.45) is 0.624. The Labute approximate surface area is 118 Å². The van der Waals surface area contributed by atoms with E-state index in [0.29, 0.717) is 55.4 Å². The normalized spacial score (nSPS) is 10.0. The quantitative estimate of drug-likeness (QED) is 0.429. The molecular weight excluding hydrogens is 235 g/mol. The van der Waals surface area contributed by atoms with Crippen molar-refractivity contribution in [2.75, 3.05) is 5.75 Å². The molecule has 0 amide bonds. The minimum absolute atomic E-state index is 0.0608. The molecule has 0 aromatic rings. The molecule has 0 aliphatic heterocycles. The van der Waals surface area contributed by atoms with Crippen molar-refractivity contribution in [1.29, 1.82) is 0 Å². The van der Waals surface area contributed by atoms with Crippen LogP contribution in [0, 0.1) is 0 Å². The van der Waals surface area contributed by atoms with Gasteiger partial charge in [0.2, 0.25) is 0 Å². The molecule has 0 aliphatic rings. The molecule has 7 heteroatoms. The zero-order chi connectivity index (χ0) is 11.8. The van der Waals surface area contributed by atoms with E-state index < -0.39 is 16.1 Å². The SMILES string of the molecule is C=C(C)C(=O)O.O=S(=O)(O)CC[CH2][K]. The number of carbonyl (C=O) groups is 1. The molecule has 0 aromatic heterocycles. The van der Waals surface area contributed by atoms with Crippen LogP contribution in [0.5, 0.6) is 0 Å². The molecule has 5 nitrogen and oxygen atoms in total. The summed E-state index contributed by atoms with van der Waals surface area (Å²) in [7, 11) is -3.66. The summed E-state index contributed by atoms with van der Waals surface area (Å²) in [4.78, 5) is 9.60. The van der Waals surface area contributed by atoms with E-state index in [0.717, 1.165) is 0.515 Å². The molecule has 0 atom stereocenters. The first kappa shape index (κ1) is 17.2. The van der Waals surface area contributed by atoms with Gasteiger partial charge in [-0.05, 0) is 6.92 Å². The summed E-state index contributed by atoms with van der Waals surface area (Å²) in [5.74, 6) is -0.996. The molecule has 0 rings (SSSR count). The van der Waals surface area contributed by atoms with Gasteiger partial charge in [0.15, 0.2) is 0 Å². The van der Waals surface area contributed by atoms with Gasteiger partial charge >= 0.3 is 90.7 Å². The Morgan fingerprint density at radius 1 is 1.50 bits per heavy atom. The molecule has 0 bridgehead atoms. The first-order valence-corrected chi connectivity index (χ1v) is 7.86. The van der Waals surface area contributed by atoms with Gasteiger partial charge < -0.3 is 5.11 Å². The average Bonchev–Trinajstić information content (AvgIpc) is 2.00. The van der Waals surface area contributed by atoms with E-state index in [1.54, 1.807) is 0 Å². The van der Waals surface area contributed by atoms with Crippen LogP contribution in [0.2, 0.25) is 0.515 Å². The molecule has 78 valence electrons. The third-order valence-electron chi connectivity index (χ3n) is 1.12. The van der Waals surface area contributed by atoms with Crippen LogP contribution in [0.15, 0.2) is 12.2 Å². The van der Waals surface area contributed by atoms with Crippen LogP contribution in [0.1, 0.15) is 13.3 Å². The fourth-order valence-electron chi connectivity index (χ4n) is 0.327. The van der Waals surface area contributed by atoms with Gasteiger partial charge in [0.25, 0.3) is 0 Å². The third kappa shape index (κ3) is 18.5. The van der Waals surface area contributed by atoms with Crippen molar-refractivity contribution in [3.8, 4) is 0 Å². The van der Waals surface area contributed by atoms with Crippen LogP contribution in [-0.4, -0.2) is 78.8 Å². The maximum absolute atomic E-state index is 9.97. The van der Waals surface area contributed by atoms with E-state index in [4.69, 9.17) is 9.66 Å². The molecule has 0 spiro atoms. The van der Waals surface area contributed by atoms with E-state index in [-0.39, 0.29) is 11.3 Å². The summed E-state index contributed by atoms with van der Waals surface area (Å²) >= 11 is 0.706. The molecule has 2 N–H and O–H groups in total. The molecule has 0 saturated heterocycles. The topological polar surface area (TPSA) is 91.7 Å². The van der Waals surface area contributed by atoms with Gasteiger partial charge in [0.05, 0.1) is 0 Å². The molecule has 0 fully saturated rings. The van der Waals surface area contributed by atoms with E-state index in [2.05, 4.69) is 6.58 Å². The van der Waals surface area contributed by atoms with Crippen molar-refractivity contribution in [2.45, 2.75) is 13.9 Å². The van der Waals surface area contributed by atoms with Gasteiger partial charge in [-0.3, -0.25) is 0 Å². The van der Waals surface area contributed by atoms with Crippen LogP contribution >= 0.6 is 0 Å². The predicted octanol–water partition coefficient (Wildman–Crippen LogP) is 0.498. The van der Waals surface area contributed by atoms with Crippen LogP contribution in [0.25, 0.3) is 0 Å². The van der Waals surface area contributed by atoms with Crippen molar-refractivity contribution in [2.24, 2.45) is 0 Å². The number of carboxylic acids is 1. The second kappa shape index (κ2) is 9.02. The third-order valence-corrected chi connectivity index (χ3v) is 3.03. The second-order valence-corrected chi connectivity index (χ2v) is 5.86. The molecule has 0 radical (unpaired) electrons. The zero-order valence-electron chi connectivity index (χ0n) is 8.36. The van der Waals surface area contributed by atoms with Crippen molar-refractivity contribution < 1.29 is 22.9 Å². The Morgan fingerprint density at radius 3 is 1.93 bits per heavy atom. The first-order valence-electron chi connectivity index (χ1n) is 4.04. The van der Waals surface area contributed by atoms with Gasteiger partial charge in [-0.1, -0.05) is 6.58 Å². The summed E-state index contributed by atoms with van der Waals surface area (Å²) in [6, 6.07) is 0. The number of hydrogen-bond donors (Lipinski definition) is 2. The van der Waals surface area contributed by atoms with Gasteiger partial charge in [-0.2, -0.15) is 0 Å². The van der Waals surface area contributed by atoms with Gasteiger partial charge in [-0.25, -0.2) is 4.79 Å². The molecule has 0 heterocycles. The summed E-state index contributed by atoms with van der Waals surface area (Å²) < 4.78 is 29.1. The van der Waals surface area contributed by atoms with Gasteiger partial charge in [-0.15, -0.1) is 0 Å². The molecule has 14 heavy (non-hydrogen) atoms. The Hall–Kier alpha value is 0.756. The summed E-state index contributed by atoms with van der Waals surface area (Å²) in [5, 5.41) is 7.89. The fourth-order valence-corrected chi connectivity index (χ4v) is 2.33. The van der Waals surface area contributed by atoms with E-state index in [1.165, 1.54) is 6.92 Å². The first-order chi connectivity index (χ1) is 6.20. The summed E-state index contributed by atoms with van der Waals surface area (Å²) in [5.41, 5.74) is 0.176. The number of rotatable bonds is 4. The Morgan fingerprint density at radius 2 is 1.86 bits per heavy atom. The van der Waals surface area contributed by atoms with Crippen LogP contribution in [0.3, 0.4) is 0 Å². The summed E-state index contributed by atoms with van der Waals surface area (Å²) in [6.45, 7) is 4.60. The van der Waals surface area contributed by atoms with Crippen molar-refractivity contribution >= 4 is 65.0 Å². The van der Waals surface area contributed by atoms with Crippen molar-refractivity contribution in [3.05, 3.63) is 12.2 Å². The standard InChI is InChI=1S/C4H6O2.C3H7O3S.K/c1-3(2)4(5)6;1-2-3-7(4,5)6;/h1H2,2H3,(H,5,6);1-3H2,(H,4,5,6);. The molecule has 0 unspecified atom stereocenters. The van der Waals surface area contributed by atoms with Gasteiger partial charge in [0.1, 0.15) is 0 Å². The monoisotopic (exact) mass is 248 g/mol. The Kier molecular flexibility index (Phi) is 11.1. The average molecular weight is 248 g/mol. The van der Waals surface area contributed by atoms with Crippen LogP contribution < -0.4 is 0 Å². The van der Waals surface area contributed by atoms with Gasteiger partial charge in [0, 0.05) is 5.57 Å². The second-order valence-electron chi connectivity index (χ2n) is 2.73. The van der Waals surface area contributed by atoms with Crippen LogP contribution in [0.4, 0.5) is 0 Å². The predicted molar refractivity (Wildman–Crippen MR) is 54.0 cm³/mol. The van der Waals surface area contributed by atoms with Crippen molar-refractivity contribution in [1.82, 2.24) is 0 Å². The molecule has 0 saturated carbocycles. The van der Waals surface area contributed by atoms with Crippen molar-refractivity contribution in [3.63, 3.8) is 0 Å². The molecule has 0 aromatic carbocycles. The Bertz CT molecular complexity index is 270. The number of carboxylic acid groups (broad SMARTS) is 1. The zero-order valence-corrected chi connectivity index (χ0v) is 12.3. The number of aliphatic carboxylic acids is 1.